The van der Waals surface area contributed by atoms with E-state index < -0.39 is 5.82 Å². The molecule has 0 saturated heterocycles. The zero-order valence-corrected chi connectivity index (χ0v) is 14.6. The van der Waals surface area contributed by atoms with Gasteiger partial charge in [0.2, 0.25) is 11.8 Å². The molecule has 0 radical (unpaired) electrons. The third kappa shape index (κ3) is 7.43. The summed E-state index contributed by atoms with van der Waals surface area (Å²) in [6, 6.07) is 3.96. The summed E-state index contributed by atoms with van der Waals surface area (Å²) >= 11 is 5.67. The summed E-state index contributed by atoms with van der Waals surface area (Å²) < 4.78 is 13.1. The van der Waals surface area contributed by atoms with Crippen LogP contribution in [0.5, 0.6) is 0 Å². The summed E-state index contributed by atoms with van der Waals surface area (Å²) in [6.45, 7) is 8.29. The number of hydrogen-bond donors (Lipinski definition) is 2. The molecule has 0 aliphatic heterocycles. The average Bonchev–Trinajstić information content (AvgIpc) is 2.40. The molecule has 0 spiro atoms. The van der Waals surface area contributed by atoms with E-state index >= 15 is 0 Å². The summed E-state index contributed by atoms with van der Waals surface area (Å²) in [4.78, 5) is 25.6. The van der Waals surface area contributed by atoms with Gasteiger partial charge < -0.3 is 10.6 Å². The Balaban J connectivity index is 2.56. The van der Waals surface area contributed by atoms with Crippen molar-refractivity contribution in [3.63, 3.8) is 0 Å². The van der Waals surface area contributed by atoms with Crippen LogP contribution in [0, 0.1) is 5.82 Å². The van der Waals surface area contributed by atoms with Crippen LogP contribution in [-0.2, 0) is 9.59 Å². The molecular weight excluding hydrogens is 321 g/mol. The molecule has 0 saturated carbocycles. The van der Waals surface area contributed by atoms with Crippen LogP contribution in [0.25, 0.3) is 0 Å². The number of likely N-dealkylation sites (N-methyl/N-ethyl adjacent to an activating group) is 1. The molecule has 1 aromatic rings. The number of hydrogen-bond acceptors (Lipinski definition) is 3. The van der Waals surface area contributed by atoms with E-state index in [9.17, 15) is 14.0 Å². The van der Waals surface area contributed by atoms with Gasteiger partial charge in [-0.2, -0.15) is 0 Å². The van der Waals surface area contributed by atoms with Gasteiger partial charge in [0.15, 0.2) is 0 Å². The number of amides is 2. The first-order chi connectivity index (χ1) is 10.6. The molecule has 2 amide bonds. The first kappa shape index (κ1) is 19.4. The molecule has 23 heavy (non-hydrogen) atoms. The lowest BCUT2D eigenvalue weighted by Crippen LogP contribution is -2.47. The molecule has 7 heteroatoms. The zero-order chi connectivity index (χ0) is 17.6. The molecule has 128 valence electrons. The van der Waals surface area contributed by atoms with Crippen molar-refractivity contribution >= 4 is 29.1 Å². The zero-order valence-electron chi connectivity index (χ0n) is 13.9. The second-order valence-electron chi connectivity index (χ2n) is 6.28. The Hall–Kier alpha value is -1.66. The number of nitrogens with one attached hydrogen (secondary N) is 2. The lowest BCUT2D eigenvalue weighted by atomic mass is 10.1. The smallest absolute Gasteiger partial charge is 0.238 e. The first-order valence-corrected chi connectivity index (χ1v) is 7.77. The van der Waals surface area contributed by atoms with Gasteiger partial charge in [0.05, 0.1) is 18.1 Å². The Labute approximate surface area is 141 Å². The molecular formula is C16H23ClFN3O2. The lowest BCUT2D eigenvalue weighted by molar-refractivity contribution is -0.124. The van der Waals surface area contributed by atoms with Crippen molar-refractivity contribution in [3.05, 3.63) is 29.0 Å². The van der Waals surface area contributed by atoms with Crippen LogP contribution in [0.1, 0.15) is 27.7 Å². The van der Waals surface area contributed by atoms with Gasteiger partial charge in [0, 0.05) is 11.2 Å². The van der Waals surface area contributed by atoms with E-state index in [1.807, 2.05) is 27.7 Å². The molecule has 1 rings (SSSR count). The van der Waals surface area contributed by atoms with Crippen molar-refractivity contribution < 1.29 is 14.0 Å². The molecule has 0 unspecified atom stereocenters. The van der Waals surface area contributed by atoms with E-state index in [1.165, 1.54) is 18.2 Å². The van der Waals surface area contributed by atoms with Crippen molar-refractivity contribution in [3.8, 4) is 0 Å². The van der Waals surface area contributed by atoms with Gasteiger partial charge in [-0.3, -0.25) is 14.5 Å². The largest absolute Gasteiger partial charge is 0.350 e. The number of anilines is 1. The van der Waals surface area contributed by atoms with Crippen LogP contribution in [-0.4, -0.2) is 41.9 Å². The minimum Gasteiger partial charge on any atom is -0.350 e. The van der Waals surface area contributed by atoms with Crippen molar-refractivity contribution in [2.24, 2.45) is 0 Å². The summed E-state index contributed by atoms with van der Waals surface area (Å²) in [6.07, 6.45) is 0. The van der Waals surface area contributed by atoms with Crippen molar-refractivity contribution in [2.75, 3.05) is 25.0 Å². The predicted molar refractivity (Wildman–Crippen MR) is 90.0 cm³/mol. The minimum absolute atomic E-state index is 0.0558. The Morgan fingerprint density at radius 3 is 2.35 bits per heavy atom. The first-order valence-electron chi connectivity index (χ1n) is 7.39. The molecule has 0 fully saturated rings. The SMILES string of the molecule is CCN(CC(=O)Nc1ccc(F)c(Cl)c1)CC(=O)NC(C)(C)C. The maximum atomic E-state index is 13.1. The summed E-state index contributed by atoms with van der Waals surface area (Å²) in [5, 5.41) is 5.43. The fourth-order valence-electron chi connectivity index (χ4n) is 1.92. The molecule has 0 bridgehead atoms. The maximum absolute atomic E-state index is 13.1. The second-order valence-corrected chi connectivity index (χ2v) is 6.69. The Morgan fingerprint density at radius 2 is 1.83 bits per heavy atom. The molecule has 2 N–H and O–H groups in total. The highest BCUT2D eigenvalue weighted by atomic mass is 35.5. The highest BCUT2D eigenvalue weighted by molar-refractivity contribution is 6.31. The van der Waals surface area contributed by atoms with Gasteiger partial charge in [-0.1, -0.05) is 18.5 Å². The second kappa shape index (κ2) is 8.26. The molecule has 0 aliphatic rings. The summed E-state index contributed by atoms with van der Waals surface area (Å²) in [7, 11) is 0. The van der Waals surface area contributed by atoms with Crippen LogP contribution >= 0.6 is 11.6 Å². The quantitative estimate of drug-likeness (QED) is 0.834. The van der Waals surface area contributed by atoms with Crippen LogP contribution < -0.4 is 10.6 Å². The van der Waals surface area contributed by atoms with Crippen LogP contribution in [0.4, 0.5) is 10.1 Å². The van der Waals surface area contributed by atoms with Gasteiger partial charge >= 0.3 is 0 Å². The summed E-state index contributed by atoms with van der Waals surface area (Å²) in [5.41, 5.74) is 0.0977. The third-order valence-electron chi connectivity index (χ3n) is 2.90. The number of nitrogens with zero attached hydrogens (tertiary/aromatic N) is 1. The number of halogens is 2. The predicted octanol–water partition coefficient (Wildman–Crippen LogP) is 2.65. The standard InChI is InChI=1S/C16H23ClFN3O2/c1-5-21(10-15(23)20-16(2,3)4)9-14(22)19-11-6-7-13(18)12(17)8-11/h6-8H,5,9-10H2,1-4H3,(H,19,22)(H,20,23). The lowest BCUT2D eigenvalue weighted by Gasteiger charge is -2.24. The maximum Gasteiger partial charge on any atom is 0.238 e. The average molecular weight is 344 g/mol. The Kier molecular flexibility index (Phi) is 6.97. The van der Waals surface area contributed by atoms with Crippen LogP contribution in [0.15, 0.2) is 18.2 Å². The molecule has 0 heterocycles. The Morgan fingerprint density at radius 1 is 1.22 bits per heavy atom. The molecule has 0 aliphatic carbocycles. The van der Waals surface area contributed by atoms with Crippen LogP contribution in [0.3, 0.4) is 0 Å². The normalized spacial score (nSPS) is 11.4. The van der Waals surface area contributed by atoms with Crippen molar-refractivity contribution in [1.82, 2.24) is 10.2 Å². The van der Waals surface area contributed by atoms with E-state index in [-0.39, 0.29) is 35.5 Å². The number of carbonyl (C=O) groups is 2. The van der Waals surface area contributed by atoms with Crippen LogP contribution in [0.2, 0.25) is 5.02 Å². The van der Waals surface area contributed by atoms with E-state index in [1.54, 1.807) is 4.90 Å². The van der Waals surface area contributed by atoms with Gasteiger partial charge in [-0.15, -0.1) is 0 Å². The van der Waals surface area contributed by atoms with Gasteiger partial charge in [-0.25, -0.2) is 4.39 Å². The monoisotopic (exact) mass is 343 g/mol. The molecule has 0 aromatic heterocycles. The Bertz CT molecular complexity index is 573. The minimum atomic E-state index is -0.543. The molecule has 5 nitrogen and oxygen atoms in total. The van der Waals surface area contributed by atoms with Gasteiger partial charge in [-0.05, 0) is 45.5 Å². The van der Waals surface area contributed by atoms with Crippen molar-refractivity contribution in [2.45, 2.75) is 33.2 Å². The van der Waals surface area contributed by atoms with Crippen molar-refractivity contribution in [1.29, 1.82) is 0 Å². The van der Waals surface area contributed by atoms with E-state index in [2.05, 4.69) is 10.6 Å². The van der Waals surface area contributed by atoms with Gasteiger partial charge in [0.1, 0.15) is 5.82 Å². The molecule has 0 atom stereocenters. The highest BCUT2D eigenvalue weighted by Crippen LogP contribution is 2.19. The fraction of sp³-hybridized carbons (Fsp3) is 0.500. The summed E-state index contributed by atoms with van der Waals surface area (Å²) in [5.74, 6) is -0.978. The number of rotatable bonds is 6. The van der Waals surface area contributed by atoms with E-state index in [0.717, 1.165) is 0 Å². The third-order valence-corrected chi connectivity index (χ3v) is 3.19. The highest BCUT2D eigenvalue weighted by Gasteiger charge is 2.17. The van der Waals surface area contributed by atoms with E-state index in [4.69, 9.17) is 11.6 Å². The fourth-order valence-corrected chi connectivity index (χ4v) is 2.10. The number of benzene rings is 1. The number of carbonyl (C=O) groups excluding carboxylic acids is 2. The topological polar surface area (TPSA) is 61.4 Å². The van der Waals surface area contributed by atoms with E-state index in [0.29, 0.717) is 12.2 Å². The van der Waals surface area contributed by atoms with Gasteiger partial charge in [0.25, 0.3) is 0 Å². The molecule has 1 aromatic carbocycles.